The lowest BCUT2D eigenvalue weighted by Crippen LogP contribution is -2.58. The fourth-order valence-electron chi connectivity index (χ4n) is 3.34. The maximum absolute atomic E-state index is 12.4. The Labute approximate surface area is 154 Å². The quantitative estimate of drug-likeness (QED) is 0.529. The second-order valence-electron chi connectivity index (χ2n) is 7.22. The third-order valence-electron chi connectivity index (χ3n) is 5.00. The Morgan fingerprint density at radius 3 is 2.31 bits per heavy atom. The number of hydrogen-bond donors (Lipinski definition) is 4. The van der Waals surface area contributed by atoms with Gasteiger partial charge in [0.15, 0.2) is 9.84 Å². The summed E-state index contributed by atoms with van der Waals surface area (Å²) in [6.45, 7) is -0.159. The van der Waals surface area contributed by atoms with E-state index in [1.54, 1.807) is 12.1 Å². The Morgan fingerprint density at radius 1 is 1.23 bits per heavy atom. The van der Waals surface area contributed by atoms with Crippen molar-refractivity contribution in [2.75, 3.05) is 12.9 Å². The topological polar surface area (TPSA) is 130 Å². The van der Waals surface area contributed by atoms with Crippen LogP contribution in [0.4, 0.5) is 0 Å². The van der Waals surface area contributed by atoms with E-state index in [9.17, 15) is 23.4 Å². The molecule has 0 unspecified atom stereocenters. The van der Waals surface area contributed by atoms with Crippen LogP contribution in [0.3, 0.4) is 0 Å². The molecule has 1 aromatic carbocycles. The van der Waals surface area contributed by atoms with Gasteiger partial charge in [0, 0.05) is 12.3 Å². The second-order valence-corrected chi connectivity index (χ2v) is 9.23. The van der Waals surface area contributed by atoms with Gasteiger partial charge in [-0.05, 0) is 37.0 Å². The minimum absolute atomic E-state index is 0.159. The molecule has 2 atom stereocenters. The van der Waals surface area contributed by atoms with E-state index in [-0.39, 0.29) is 17.9 Å². The summed E-state index contributed by atoms with van der Waals surface area (Å²) >= 11 is 0. The van der Waals surface area contributed by atoms with Gasteiger partial charge in [0.25, 0.3) is 5.91 Å². The molecular formula is C18H28N2O5S. The average molecular weight is 384 g/mol. The first-order chi connectivity index (χ1) is 12.2. The van der Waals surface area contributed by atoms with Crippen LogP contribution in [-0.4, -0.2) is 55.1 Å². The first-order valence-corrected chi connectivity index (χ1v) is 10.7. The number of carbonyl (C=O) groups is 1. The van der Waals surface area contributed by atoms with Crippen LogP contribution in [-0.2, 0) is 21.1 Å². The molecule has 7 nitrogen and oxygen atoms in total. The highest BCUT2D eigenvalue weighted by Crippen LogP contribution is 2.28. The Hall–Kier alpha value is -1.48. The smallest absolute Gasteiger partial charge is 0.250 e. The van der Waals surface area contributed by atoms with E-state index in [0.29, 0.717) is 12.8 Å². The van der Waals surface area contributed by atoms with Crippen molar-refractivity contribution in [3.05, 3.63) is 29.8 Å². The van der Waals surface area contributed by atoms with Gasteiger partial charge in [-0.1, -0.05) is 31.4 Å². The minimum Gasteiger partial charge on any atom is -0.394 e. The minimum atomic E-state index is -3.27. The molecule has 0 bridgehead atoms. The summed E-state index contributed by atoms with van der Waals surface area (Å²) in [5.74, 6) is -0.582. The first-order valence-electron chi connectivity index (χ1n) is 8.82. The van der Waals surface area contributed by atoms with Gasteiger partial charge >= 0.3 is 0 Å². The van der Waals surface area contributed by atoms with Gasteiger partial charge in [-0.3, -0.25) is 4.79 Å². The van der Waals surface area contributed by atoms with Crippen molar-refractivity contribution in [3.63, 3.8) is 0 Å². The number of nitrogens with two attached hydrogens (primary N) is 1. The third kappa shape index (κ3) is 5.26. The van der Waals surface area contributed by atoms with Gasteiger partial charge in [0.2, 0.25) is 0 Å². The molecule has 8 heteroatoms. The van der Waals surface area contributed by atoms with Gasteiger partial charge in [-0.2, -0.15) is 0 Å². The van der Waals surface area contributed by atoms with E-state index < -0.39 is 33.4 Å². The van der Waals surface area contributed by atoms with E-state index in [0.717, 1.165) is 31.1 Å². The number of sulfone groups is 1. The molecule has 0 saturated heterocycles. The van der Waals surface area contributed by atoms with Gasteiger partial charge in [0.1, 0.15) is 6.10 Å². The van der Waals surface area contributed by atoms with Crippen LogP contribution in [0.15, 0.2) is 29.2 Å². The Morgan fingerprint density at radius 2 is 1.81 bits per heavy atom. The molecule has 1 fully saturated rings. The van der Waals surface area contributed by atoms with Gasteiger partial charge in [-0.25, -0.2) is 8.42 Å². The van der Waals surface area contributed by atoms with E-state index in [1.807, 2.05) is 0 Å². The van der Waals surface area contributed by atoms with E-state index in [2.05, 4.69) is 5.32 Å². The van der Waals surface area contributed by atoms with Crippen molar-refractivity contribution in [1.82, 2.24) is 5.32 Å². The van der Waals surface area contributed by atoms with E-state index in [4.69, 9.17) is 5.73 Å². The zero-order valence-electron chi connectivity index (χ0n) is 15.0. The van der Waals surface area contributed by atoms with Crippen molar-refractivity contribution in [1.29, 1.82) is 0 Å². The summed E-state index contributed by atoms with van der Waals surface area (Å²) in [6, 6.07) is 5.37. The fourth-order valence-corrected chi connectivity index (χ4v) is 3.97. The maximum Gasteiger partial charge on any atom is 0.250 e. The molecule has 5 N–H and O–H groups in total. The summed E-state index contributed by atoms with van der Waals surface area (Å²) in [5, 5.41) is 22.7. The highest BCUT2D eigenvalue weighted by atomic mass is 32.2. The zero-order valence-corrected chi connectivity index (χ0v) is 15.8. The number of nitrogens with one attached hydrogen (secondary N) is 1. The highest BCUT2D eigenvalue weighted by molar-refractivity contribution is 7.90. The molecule has 1 aliphatic rings. The van der Waals surface area contributed by atoms with Crippen molar-refractivity contribution in [2.24, 2.45) is 5.73 Å². The monoisotopic (exact) mass is 384 g/mol. The maximum atomic E-state index is 12.4. The van der Waals surface area contributed by atoms with Crippen molar-refractivity contribution in [3.8, 4) is 0 Å². The highest BCUT2D eigenvalue weighted by Gasteiger charge is 2.35. The molecular weight excluding hydrogens is 356 g/mol. The lowest BCUT2D eigenvalue weighted by Gasteiger charge is -2.37. The molecule has 1 aromatic rings. The van der Waals surface area contributed by atoms with Gasteiger partial charge in [-0.15, -0.1) is 0 Å². The van der Waals surface area contributed by atoms with E-state index >= 15 is 0 Å². The lowest BCUT2D eigenvalue weighted by molar-refractivity contribution is -0.133. The summed E-state index contributed by atoms with van der Waals surface area (Å²) in [4.78, 5) is 12.6. The Bertz CT molecular complexity index is 712. The van der Waals surface area contributed by atoms with Crippen LogP contribution in [0.5, 0.6) is 0 Å². The molecule has 1 saturated carbocycles. The summed E-state index contributed by atoms with van der Waals surface area (Å²) in [5.41, 5.74) is 6.03. The average Bonchev–Trinajstić information content (AvgIpc) is 2.61. The first kappa shape index (κ1) is 20.8. The number of carbonyl (C=O) groups excluding carboxylic acids is 1. The lowest BCUT2D eigenvalue weighted by atomic mass is 9.82. The molecule has 1 aliphatic carbocycles. The van der Waals surface area contributed by atoms with Crippen LogP contribution in [0, 0.1) is 0 Å². The summed E-state index contributed by atoms with van der Waals surface area (Å²) in [7, 11) is -3.27. The number of rotatable bonds is 7. The molecule has 0 aliphatic heterocycles. The number of aliphatic hydroxyl groups excluding tert-OH is 2. The van der Waals surface area contributed by atoms with E-state index in [1.165, 1.54) is 12.1 Å². The van der Waals surface area contributed by atoms with Gasteiger partial charge in [0.05, 0.1) is 17.0 Å². The zero-order chi connectivity index (χ0) is 19.4. The molecule has 2 rings (SSSR count). The number of benzene rings is 1. The predicted molar refractivity (Wildman–Crippen MR) is 98.3 cm³/mol. The molecule has 26 heavy (non-hydrogen) atoms. The fraction of sp³-hybridized carbons (Fsp3) is 0.611. The molecule has 0 aromatic heterocycles. The molecule has 146 valence electrons. The van der Waals surface area contributed by atoms with Crippen LogP contribution < -0.4 is 11.1 Å². The van der Waals surface area contributed by atoms with Crippen LogP contribution in [0.25, 0.3) is 0 Å². The number of aliphatic hydroxyl groups is 2. The Balaban J connectivity index is 1.97. The molecule has 0 heterocycles. The predicted octanol–water partition coefficient (Wildman–Crippen LogP) is 0.132. The van der Waals surface area contributed by atoms with Crippen LogP contribution in [0.2, 0.25) is 0 Å². The summed E-state index contributed by atoms with van der Waals surface area (Å²) < 4.78 is 22.9. The normalized spacial score (nSPS) is 19.5. The third-order valence-corrected chi connectivity index (χ3v) is 6.13. The molecule has 0 radical (unpaired) electrons. The second kappa shape index (κ2) is 8.47. The van der Waals surface area contributed by atoms with Crippen molar-refractivity contribution >= 4 is 15.7 Å². The standard InChI is InChI=1S/C18H28N2O5S/c1-26(24,25)14-7-5-13(6-8-14)11-15(19)16(22)17(23)20-18(12-21)9-3-2-4-10-18/h5-8,15-16,21-22H,2-4,9-12,19H2,1H3,(H,20,23)/t15-,16+/m1/s1. The SMILES string of the molecule is CS(=O)(=O)c1ccc(C[C@@H](N)[C@H](O)C(=O)NC2(CO)CCCCC2)cc1. The van der Waals surface area contributed by atoms with Crippen LogP contribution >= 0.6 is 0 Å². The number of hydrogen-bond acceptors (Lipinski definition) is 6. The molecule has 1 amide bonds. The molecule has 0 spiro atoms. The largest absolute Gasteiger partial charge is 0.394 e. The van der Waals surface area contributed by atoms with Crippen molar-refractivity contribution in [2.45, 2.75) is 61.1 Å². The van der Waals surface area contributed by atoms with Crippen LogP contribution in [0.1, 0.15) is 37.7 Å². The van der Waals surface area contributed by atoms with Crippen molar-refractivity contribution < 1.29 is 23.4 Å². The number of amides is 1. The summed E-state index contributed by atoms with van der Waals surface area (Å²) in [6.07, 6.45) is 4.24. The Kier molecular flexibility index (Phi) is 6.79. The van der Waals surface area contributed by atoms with Gasteiger partial charge < -0.3 is 21.3 Å².